The molecule has 0 aliphatic carbocycles. The molecule has 1 saturated heterocycles. The zero-order valence-electron chi connectivity index (χ0n) is 8.26. The van der Waals surface area contributed by atoms with Gasteiger partial charge in [-0.05, 0) is 26.1 Å². The van der Waals surface area contributed by atoms with Gasteiger partial charge in [-0.1, -0.05) is 22.6 Å². The number of hydrogen-bond acceptors (Lipinski definition) is 2. The molecule has 0 radical (unpaired) electrons. The summed E-state index contributed by atoms with van der Waals surface area (Å²) >= 11 is 2.17. The Morgan fingerprint density at radius 2 is 2.15 bits per heavy atom. The van der Waals surface area contributed by atoms with Crippen molar-refractivity contribution in [2.24, 2.45) is 0 Å². The van der Waals surface area contributed by atoms with Crippen molar-refractivity contribution in [3.63, 3.8) is 0 Å². The molecular formula is C8H16INO2Si. The molecule has 2 atom stereocenters. The quantitative estimate of drug-likeness (QED) is 0.477. The van der Waals surface area contributed by atoms with Crippen LogP contribution in [-0.4, -0.2) is 30.8 Å². The van der Waals surface area contributed by atoms with Gasteiger partial charge in [-0.3, -0.25) is 4.79 Å². The maximum Gasteiger partial charge on any atom is 0.235 e. The Hall–Kier alpha value is 0.377. The fourth-order valence-corrected chi connectivity index (χ4v) is 3.49. The van der Waals surface area contributed by atoms with E-state index in [0.29, 0.717) is 0 Å². The molecule has 0 aromatic rings. The van der Waals surface area contributed by atoms with Crippen LogP contribution in [-0.2, 0) is 9.22 Å². The monoisotopic (exact) mass is 313 g/mol. The van der Waals surface area contributed by atoms with Gasteiger partial charge in [-0.15, -0.1) is 0 Å². The van der Waals surface area contributed by atoms with Crippen LogP contribution in [0.25, 0.3) is 0 Å². The molecule has 0 aromatic carbocycles. The average Bonchev–Trinajstić information content (AvgIpc) is 1.96. The van der Waals surface area contributed by atoms with Gasteiger partial charge in [0.25, 0.3) is 0 Å². The van der Waals surface area contributed by atoms with Crippen LogP contribution in [0.3, 0.4) is 0 Å². The lowest BCUT2D eigenvalue weighted by molar-refractivity contribution is -0.123. The zero-order chi connectivity index (χ0) is 10.1. The maximum atomic E-state index is 11.3. The van der Waals surface area contributed by atoms with Crippen molar-refractivity contribution in [2.75, 3.05) is 6.54 Å². The number of carbonyl (C=O) groups is 1. The normalized spacial score (nSPS) is 30.0. The SMILES string of the molecule is C[Si](C)(C)O[C@H]1CCNC(=O)[C@@H]1I. The summed E-state index contributed by atoms with van der Waals surface area (Å²) in [4.78, 5) is 11.3. The first kappa shape index (κ1) is 11.5. The topological polar surface area (TPSA) is 38.3 Å². The van der Waals surface area contributed by atoms with Crippen LogP contribution in [0, 0.1) is 0 Å². The van der Waals surface area contributed by atoms with Crippen molar-refractivity contribution >= 4 is 36.8 Å². The van der Waals surface area contributed by atoms with Crippen LogP contribution in [0.5, 0.6) is 0 Å². The van der Waals surface area contributed by atoms with Crippen LogP contribution in [0.1, 0.15) is 6.42 Å². The molecule has 1 fully saturated rings. The van der Waals surface area contributed by atoms with E-state index in [2.05, 4.69) is 47.5 Å². The second-order valence-electron chi connectivity index (χ2n) is 4.25. The molecule has 3 nitrogen and oxygen atoms in total. The standard InChI is InChI=1S/C8H16INO2Si/c1-13(2,3)12-6-4-5-10-8(11)7(6)9/h6-7H,4-5H2,1-3H3,(H,10,11)/t6-,7+/m0/s1. The van der Waals surface area contributed by atoms with Crippen molar-refractivity contribution < 1.29 is 9.22 Å². The van der Waals surface area contributed by atoms with Gasteiger partial charge in [0.2, 0.25) is 5.91 Å². The minimum Gasteiger partial charge on any atom is -0.413 e. The van der Waals surface area contributed by atoms with Crippen LogP contribution in [0.4, 0.5) is 0 Å². The molecule has 1 heterocycles. The van der Waals surface area contributed by atoms with E-state index in [0.717, 1.165) is 13.0 Å². The number of carbonyl (C=O) groups excluding carboxylic acids is 1. The van der Waals surface area contributed by atoms with Gasteiger partial charge in [0.15, 0.2) is 8.32 Å². The summed E-state index contributed by atoms with van der Waals surface area (Å²) in [5.74, 6) is 0.120. The Kier molecular flexibility index (Phi) is 3.76. The average molecular weight is 313 g/mol. The van der Waals surface area contributed by atoms with Crippen molar-refractivity contribution in [2.45, 2.75) is 36.1 Å². The van der Waals surface area contributed by atoms with Gasteiger partial charge < -0.3 is 9.74 Å². The lowest BCUT2D eigenvalue weighted by Crippen LogP contribution is -2.49. The number of nitrogens with one attached hydrogen (secondary N) is 1. The summed E-state index contributed by atoms with van der Waals surface area (Å²) < 4.78 is 5.92. The minimum atomic E-state index is -1.50. The van der Waals surface area contributed by atoms with Crippen molar-refractivity contribution in [3.8, 4) is 0 Å². The van der Waals surface area contributed by atoms with Gasteiger partial charge in [0.05, 0.1) is 6.10 Å². The number of hydrogen-bond donors (Lipinski definition) is 1. The summed E-state index contributed by atoms with van der Waals surface area (Å²) in [6.07, 6.45) is 1.07. The summed E-state index contributed by atoms with van der Waals surface area (Å²) in [6, 6.07) is 0. The Morgan fingerprint density at radius 1 is 1.54 bits per heavy atom. The number of piperidine rings is 1. The van der Waals surface area contributed by atoms with Gasteiger partial charge in [-0.25, -0.2) is 0 Å². The summed E-state index contributed by atoms with van der Waals surface area (Å²) in [7, 11) is -1.50. The molecule has 1 amide bonds. The van der Waals surface area contributed by atoms with E-state index >= 15 is 0 Å². The fourth-order valence-electron chi connectivity index (χ4n) is 1.32. The molecule has 0 unspecified atom stereocenters. The number of alkyl halides is 1. The zero-order valence-corrected chi connectivity index (χ0v) is 11.4. The highest BCUT2D eigenvalue weighted by atomic mass is 127. The van der Waals surface area contributed by atoms with E-state index in [1.807, 2.05) is 0 Å². The van der Waals surface area contributed by atoms with E-state index in [1.54, 1.807) is 0 Å². The van der Waals surface area contributed by atoms with Crippen molar-refractivity contribution in [1.82, 2.24) is 5.32 Å². The number of amides is 1. The number of rotatable bonds is 2. The lowest BCUT2D eigenvalue weighted by Gasteiger charge is -2.32. The molecule has 0 saturated carbocycles. The first-order valence-corrected chi connectivity index (χ1v) is 9.15. The fraction of sp³-hybridized carbons (Fsp3) is 0.875. The third kappa shape index (κ3) is 3.55. The summed E-state index contributed by atoms with van der Waals surface area (Å²) in [5.41, 5.74) is 0. The van der Waals surface area contributed by atoms with Crippen molar-refractivity contribution in [1.29, 1.82) is 0 Å². The third-order valence-corrected chi connectivity index (χ3v) is 4.19. The second kappa shape index (κ2) is 4.27. The minimum absolute atomic E-state index is 0.0157. The Bertz CT molecular complexity index is 205. The maximum absolute atomic E-state index is 11.3. The van der Waals surface area contributed by atoms with Gasteiger partial charge in [0, 0.05) is 6.54 Å². The second-order valence-corrected chi connectivity index (χ2v) is 10.1. The van der Waals surface area contributed by atoms with Crippen molar-refractivity contribution in [3.05, 3.63) is 0 Å². The molecule has 5 heteroatoms. The van der Waals surface area contributed by atoms with Gasteiger partial charge >= 0.3 is 0 Å². The first-order chi connectivity index (χ1) is 5.90. The molecule has 76 valence electrons. The third-order valence-electron chi connectivity index (χ3n) is 1.81. The number of halogens is 1. The Morgan fingerprint density at radius 3 is 2.69 bits per heavy atom. The molecule has 1 N–H and O–H groups in total. The summed E-state index contributed by atoms with van der Waals surface area (Å²) in [5, 5.41) is 2.84. The van der Waals surface area contributed by atoms with Crippen LogP contribution < -0.4 is 5.32 Å². The lowest BCUT2D eigenvalue weighted by atomic mass is 10.1. The smallest absolute Gasteiger partial charge is 0.235 e. The molecule has 0 bridgehead atoms. The summed E-state index contributed by atoms with van der Waals surface area (Å²) in [6.45, 7) is 7.22. The predicted molar refractivity (Wildman–Crippen MR) is 63.7 cm³/mol. The molecule has 1 aliphatic heterocycles. The van der Waals surface area contributed by atoms with E-state index in [4.69, 9.17) is 4.43 Å². The molecule has 1 aliphatic rings. The van der Waals surface area contributed by atoms with Crippen LogP contribution in [0.2, 0.25) is 19.6 Å². The molecular weight excluding hydrogens is 297 g/mol. The van der Waals surface area contributed by atoms with Crippen LogP contribution >= 0.6 is 22.6 Å². The van der Waals surface area contributed by atoms with Crippen LogP contribution in [0.15, 0.2) is 0 Å². The highest BCUT2D eigenvalue weighted by Crippen LogP contribution is 2.21. The van der Waals surface area contributed by atoms with E-state index in [-0.39, 0.29) is 15.9 Å². The highest BCUT2D eigenvalue weighted by Gasteiger charge is 2.33. The highest BCUT2D eigenvalue weighted by molar-refractivity contribution is 14.1. The molecule has 1 rings (SSSR count). The van der Waals surface area contributed by atoms with Gasteiger partial charge in [-0.2, -0.15) is 0 Å². The van der Waals surface area contributed by atoms with E-state index in [9.17, 15) is 4.79 Å². The van der Waals surface area contributed by atoms with Gasteiger partial charge in [0.1, 0.15) is 3.92 Å². The Balaban J connectivity index is 2.54. The first-order valence-electron chi connectivity index (χ1n) is 4.50. The van der Waals surface area contributed by atoms with E-state index in [1.165, 1.54) is 0 Å². The molecule has 0 spiro atoms. The largest absolute Gasteiger partial charge is 0.413 e. The molecule has 0 aromatic heterocycles. The predicted octanol–water partition coefficient (Wildman–Crippen LogP) is 1.53. The van der Waals surface area contributed by atoms with E-state index < -0.39 is 8.32 Å². The Labute approximate surface area is 93.9 Å². The molecule has 13 heavy (non-hydrogen) atoms.